The van der Waals surface area contributed by atoms with E-state index in [2.05, 4.69) is 11.4 Å². The van der Waals surface area contributed by atoms with Crippen molar-refractivity contribution in [2.45, 2.75) is 45.1 Å². The normalized spacial score (nSPS) is 15.8. The third kappa shape index (κ3) is 2.67. The summed E-state index contributed by atoms with van der Waals surface area (Å²) >= 11 is 1.58. The molecular formula is C13H16N2OS. The number of aryl methyl sites for hydroxylation is 2. The molecule has 0 saturated carbocycles. The average molecular weight is 248 g/mol. The van der Waals surface area contributed by atoms with Crippen LogP contribution in [0.1, 0.15) is 46.3 Å². The van der Waals surface area contributed by atoms with Gasteiger partial charge >= 0.3 is 0 Å². The number of nitriles is 1. The lowest BCUT2D eigenvalue weighted by atomic mass is 9.99. The van der Waals surface area contributed by atoms with Crippen LogP contribution in [0.25, 0.3) is 0 Å². The van der Waals surface area contributed by atoms with Crippen molar-refractivity contribution in [1.82, 2.24) is 5.32 Å². The largest absolute Gasteiger partial charge is 0.336 e. The predicted octanol–water partition coefficient (Wildman–Crippen LogP) is 2.66. The van der Waals surface area contributed by atoms with E-state index >= 15 is 0 Å². The molecular weight excluding hydrogens is 232 g/mol. The Bertz CT molecular complexity index is 435. The molecule has 1 aliphatic rings. The summed E-state index contributed by atoms with van der Waals surface area (Å²) in [6.45, 7) is 1.90. The molecule has 0 radical (unpaired) electrons. The molecule has 1 amide bonds. The van der Waals surface area contributed by atoms with E-state index in [1.807, 2.05) is 13.0 Å². The van der Waals surface area contributed by atoms with Gasteiger partial charge in [-0.2, -0.15) is 5.26 Å². The molecule has 1 heterocycles. The summed E-state index contributed by atoms with van der Waals surface area (Å²) in [7, 11) is 0. The molecule has 0 spiro atoms. The Hall–Kier alpha value is -1.34. The van der Waals surface area contributed by atoms with Gasteiger partial charge in [-0.05, 0) is 43.7 Å². The Kier molecular flexibility index (Phi) is 3.80. The summed E-state index contributed by atoms with van der Waals surface area (Å²) in [4.78, 5) is 14.0. The standard InChI is InChI=1S/C13H16N2OS/c1-2-10(8-14)15-13(16)12-7-9-5-3-4-6-11(9)17-12/h7,10H,2-6H2,1H3,(H,15,16). The number of carbonyl (C=O) groups is 1. The molecule has 1 aromatic heterocycles. The molecule has 1 atom stereocenters. The molecule has 4 heteroatoms. The quantitative estimate of drug-likeness (QED) is 0.894. The molecule has 2 rings (SSSR count). The highest BCUT2D eigenvalue weighted by Crippen LogP contribution is 2.29. The summed E-state index contributed by atoms with van der Waals surface area (Å²) in [6.07, 6.45) is 5.29. The highest BCUT2D eigenvalue weighted by atomic mass is 32.1. The lowest BCUT2D eigenvalue weighted by molar-refractivity contribution is 0.0948. The molecule has 0 saturated heterocycles. The third-order valence-corrected chi connectivity index (χ3v) is 4.33. The number of amides is 1. The smallest absolute Gasteiger partial charge is 0.262 e. The van der Waals surface area contributed by atoms with Crippen LogP contribution < -0.4 is 5.32 Å². The summed E-state index contributed by atoms with van der Waals surface area (Å²) in [6, 6.07) is 3.71. The molecule has 1 aliphatic carbocycles. The van der Waals surface area contributed by atoms with Crippen LogP contribution in [0.4, 0.5) is 0 Å². The van der Waals surface area contributed by atoms with Crippen LogP contribution in [0.5, 0.6) is 0 Å². The van der Waals surface area contributed by atoms with Gasteiger partial charge in [-0.1, -0.05) is 6.92 Å². The van der Waals surface area contributed by atoms with Gasteiger partial charge in [0.15, 0.2) is 0 Å². The van der Waals surface area contributed by atoms with E-state index in [1.165, 1.54) is 23.3 Å². The Balaban J connectivity index is 2.09. The topological polar surface area (TPSA) is 52.9 Å². The van der Waals surface area contributed by atoms with Gasteiger partial charge in [0.2, 0.25) is 0 Å². The fourth-order valence-corrected chi connectivity index (χ4v) is 3.21. The van der Waals surface area contributed by atoms with Crippen molar-refractivity contribution < 1.29 is 4.79 Å². The molecule has 3 nitrogen and oxygen atoms in total. The van der Waals surface area contributed by atoms with Crippen molar-refractivity contribution >= 4 is 17.2 Å². The van der Waals surface area contributed by atoms with Crippen LogP contribution in [0, 0.1) is 11.3 Å². The highest BCUT2D eigenvalue weighted by Gasteiger charge is 2.18. The van der Waals surface area contributed by atoms with Crippen molar-refractivity contribution in [1.29, 1.82) is 5.26 Å². The number of carbonyl (C=O) groups excluding carboxylic acids is 1. The van der Waals surface area contributed by atoms with Crippen LogP contribution >= 0.6 is 11.3 Å². The number of nitrogens with zero attached hydrogens (tertiary/aromatic N) is 1. The van der Waals surface area contributed by atoms with Crippen LogP contribution in [0.2, 0.25) is 0 Å². The molecule has 1 unspecified atom stereocenters. The van der Waals surface area contributed by atoms with Gasteiger partial charge in [-0.25, -0.2) is 0 Å². The number of hydrogen-bond acceptors (Lipinski definition) is 3. The molecule has 0 aromatic carbocycles. The van der Waals surface area contributed by atoms with E-state index in [0.717, 1.165) is 17.7 Å². The minimum atomic E-state index is -0.373. The van der Waals surface area contributed by atoms with Crippen molar-refractivity contribution in [3.8, 4) is 6.07 Å². The zero-order valence-electron chi connectivity index (χ0n) is 9.95. The van der Waals surface area contributed by atoms with Gasteiger partial charge < -0.3 is 5.32 Å². The van der Waals surface area contributed by atoms with E-state index in [-0.39, 0.29) is 11.9 Å². The van der Waals surface area contributed by atoms with E-state index in [4.69, 9.17) is 5.26 Å². The van der Waals surface area contributed by atoms with Crippen molar-refractivity contribution in [2.24, 2.45) is 0 Å². The Morgan fingerprint density at radius 1 is 1.59 bits per heavy atom. The van der Waals surface area contributed by atoms with E-state index in [0.29, 0.717) is 6.42 Å². The summed E-state index contributed by atoms with van der Waals surface area (Å²) < 4.78 is 0. The fourth-order valence-electron chi connectivity index (χ4n) is 2.06. The van der Waals surface area contributed by atoms with Gasteiger partial charge in [0.25, 0.3) is 5.91 Å². The minimum absolute atomic E-state index is 0.0993. The Morgan fingerprint density at radius 3 is 3.00 bits per heavy atom. The first-order chi connectivity index (χ1) is 8.24. The second-order valence-electron chi connectivity index (χ2n) is 4.33. The van der Waals surface area contributed by atoms with Crippen LogP contribution in [0.3, 0.4) is 0 Å². The third-order valence-electron chi connectivity index (χ3n) is 3.09. The second-order valence-corrected chi connectivity index (χ2v) is 5.47. The zero-order chi connectivity index (χ0) is 12.3. The summed E-state index contributed by atoms with van der Waals surface area (Å²) in [5, 5.41) is 11.6. The molecule has 17 heavy (non-hydrogen) atoms. The van der Waals surface area contributed by atoms with Gasteiger partial charge in [-0.15, -0.1) is 11.3 Å². The number of nitrogens with one attached hydrogen (secondary N) is 1. The van der Waals surface area contributed by atoms with Crippen molar-refractivity contribution in [3.63, 3.8) is 0 Å². The fraction of sp³-hybridized carbons (Fsp3) is 0.538. The first-order valence-electron chi connectivity index (χ1n) is 6.06. The first kappa shape index (κ1) is 12.1. The summed E-state index contributed by atoms with van der Waals surface area (Å²) in [5.74, 6) is -0.0993. The lowest BCUT2D eigenvalue weighted by Crippen LogP contribution is -2.32. The number of rotatable bonds is 3. The predicted molar refractivity (Wildman–Crippen MR) is 68.1 cm³/mol. The summed E-state index contributed by atoms with van der Waals surface area (Å²) in [5.41, 5.74) is 1.33. The number of thiophene rings is 1. The molecule has 1 aromatic rings. The Morgan fingerprint density at radius 2 is 2.35 bits per heavy atom. The van der Waals surface area contributed by atoms with Crippen molar-refractivity contribution in [2.75, 3.05) is 0 Å². The first-order valence-corrected chi connectivity index (χ1v) is 6.88. The average Bonchev–Trinajstić information content (AvgIpc) is 2.79. The van der Waals surface area contributed by atoms with Crippen LogP contribution in [0.15, 0.2) is 6.07 Å². The SMILES string of the molecule is CCC(C#N)NC(=O)c1cc2c(s1)CCCC2. The Labute approximate surface area is 105 Å². The minimum Gasteiger partial charge on any atom is -0.336 e. The maximum Gasteiger partial charge on any atom is 0.262 e. The van der Waals surface area contributed by atoms with Crippen molar-refractivity contribution in [3.05, 3.63) is 21.4 Å². The van der Waals surface area contributed by atoms with Gasteiger partial charge in [0.1, 0.15) is 6.04 Å². The van der Waals surface area contributed by atoms with Gasteiger partial charge in [0, 0.05) is 4.88 Å². The highest BCUT2D eigenvalue weighted by molar-refractivity contribution is 7.14. The zero-order valence-corrected chi connectivity index (χ0v) is 10.8. The van der Waals surface area contributed by atoms with E-state index < -0.39 is 0 Å². The molecule has 0 bridgehead atoms. The maximum atomic E-state index is 11.9. The molecule has 0 fully saturated rings. The molecule has 1 N–H and O–H groups in total. The van der Waals surface area contributed by atoms with E-state index in [1.54, 1.807) is 11.3 Å². The second kappa shape index (κ2) is 5.33. The lowest BCUT2D eigenvalue weighted by Gasteiger charge is -2.08. The number of hydrogen-bond donors (Lipinski definition) is 1. The monoisotopic (exact) mass is 248 g/mol. The van der Waals surface area contributed by atoms with E-state index in [9.17, 15) is 4.79 Å². The van der Waals surface area contributed by atoms with Crippen LogP contribution in [-0.2, 0) is 12.8 Å². The van der Waals surface area contributed by atoms with Gasteiger partial charge in [-0.3, -0.25) is 4.79 Å². The molecule has 0 aliphatic heterocycles. The number of fused-ring (bicyclic) bond motifs is 1. The van der Waals surface area contributed by atoms with Gasteiger partial charge in [0.05, 0.1) is 10.9 Å². The maximum absolute atomic E-state index is 11.9. The molecule has 90 valence electrons. The van der Waals surface area contributed by atoms with Crippen LogP contribution in [-0.4, -0.2) is 11.9 Å².